The molecule has 0 atom stereocenters. The molecule has 0 nitrogen and oxygen atoms in total. The van der Waals surface area contributed by atoms with E-state index in [-0.39, 0.29) is 100 Å². The molecule has 0 bridgehead atoms. The smallest absolute Gasteiger partial charge is 0 e. The molecule has 0 aliphatic rings. The van der Waals surface area contributed by atoms with Crippen LogP contribution < -0.4 is 0 Å². The Bertz CT molecular complexity index is 11.6. The van der Waals surface area contributed by atoms with Crippen molar-refractivity contribution in [1.82, 2.24) is 0 Å². The molecule has 3 radical (unpaired) electrons. The van der Waals surface area contributed by atoms with Gasteiger partial charge in [0.15, 0.2) is 0 Å². The largest absolute Gasteiger partial charge is 0 e. The van der Waals surface area contributed by atoms with Crippen LogP contribution in [0.15, 0.2) is 0 Å². The zero-order valence-electron chi connectivity index (χ0n) is 1.96. The molecule has 0 saturated carbocycles. The van der Waals surface area contributed by atoms with Gasteiger partial charge in [0.05, 0.1) is 0 Å². The second-order valence-corrected chi connectivity index (χ2v) is 0. The molecule has 0 aromatic rings. The van der Waals surface area contributed by atoms with E-state index in [1.807, 2.05) is 0 Å². The van der Waals surface area contributed by atoms with Crippen LogP contribution in [0.2, 0.25) is 0 Å². The van der Waals surface area contributed by atoms with Gasteiger partial charge in [0.25, 0.3) is 0 Å². The van der Waals surface area contributed by atoms with E-state index in [0.717, 1.165) is 0 Å². The molecule has 0 unspecified atom stereocenters. The minimum absolute atomic E-state index is 0. The number of hydrogen-bond acceptors (Lipinski definition) is 0. The molecule has 0 aliphatic heterocycles. The molecule has 37 valence electrons. The normalized spacial score (nSPS) is 0. The van der Waals surface area contributed by atoms with Crippen molar-refractivity contribution in [3.8, 4) is 0 Å². The first-order valence-electron chi connectivity index (χ1n) is 0. The van der Waals surface area contributed by atoms with E-state index in [0.29, 0.717) is 0 Å². The molecule has 0 spiro atoms. The molecule has 0 fully saturated rings. The number of hydrogen-bond donors (Lipinski definition) is 0. The summed E-state index contributed by atoms with van der Waals surface area (Å²) in [5.41, 5.74) is 0. The molecule has 0 aliphatic carbocycles. The van der Waals surface area contributed by atoms with Crippen LogP contribution >= 0.6 is 0 Å². The monoisotopic (exact) mass is 317 g/mol. The zero-order valence-corrected chi connectivity index (χ0v) is 9.11. The fraction of sp³-hybridized carbons (Fsp3) is 0. The standard InChI is InChI=1S/Co.Fe.Mn.Ni.Y. The van der Waals surface area contributed by atoms with Crippen molar-refractivity contribution in [2.45, 2.75) is 0 Å². The van der Waals surface area contributed by atoms with Crippen LogP contribution in [-0.2, 0) is 100 Å². The SMILES string of the molecule is [Co].[Fe].[Mn].[Ni].[Y]. The van der Waals surface area contributed by atoms with Crippen molar-refractivity contribution in [3.05, 3.63) is 0 Å². The van der Waals surface area contributed by atoms with Crippen LogP contribution in [0.3, 0.4) is 0 Å². The van der Waals surface area contributed by atoms with Gasteiger partial charge in [-0.2, -0.15) is 0 Å². The molecule has 0 N–H and O–H groups in total. The van der Waals surface area contributed by atoms with Gasteiger partial charge < -0.3 is 0 Å². The Kier molecular flexibility index (Phi) is 230. The molecule has 0 heterocycles. The van der Waals surface area contributed by atoms with Crippen molar-refractivity contribution in [3.63, 3.8) is 0 Å². The maximum absolute atomic E-state index is 0. The Hall–Kier alpha value is 3.14. The minimum atomic E-state index is 0. The maximum atomic E-state index is 0. The third-order valence-electron chi connectivity index (χ3n) is 0. The molecule has 0 rings (SSSR count). The number of rotatable bonds is 0. The van der Waals surface area contributed by atoms with Gasteiger partial charge in [-0.15, -0.1) is 0 Å². The molecule has 0 saturated heterocycles. The van der Waals surface area contributed by atoms with Crippen molar-refractivity contribution in [1.29, 1.82) is 0 Å². The second kappa shape index (κ2) is 27.3. The van der Waals surface area contributed by atoms with Crippen molar-refractivity contribution in [2.24, 2.45) is 0 Å². The van der Waals surface area contributed by atoms with Gasteiger partial charge in [-0.3, -0.25) is 0 Å². The quantitative estimate of drug-likeness (QED) is 0.551. The van der Waals surface area contributed by atoms with Crippen molar-refractivity contribution < 1.29 is 100 Å². The Morgan fingerprint density at radius 3 is 1.00 bits per heavy atom. The summed E-state index contributed by atoms with van der Waals surface area (Å²) in [7, 11) is 0. The van der Waals surface area contributed by atoms with Crippen LogP contribution in [-0.4, -0.2) is 0 Å². The van der Waals surface area contributed by atoms with Gasteiger partial charge in [0, 0.05) is 100 Å². The molecule has 0 aromatic heterocycles. The third kappa shape index (κ3) is 19.1. The third-order valence-corrected chi connectivity index (χ3v) is 0. The van der Waals surface area contributed by atoms with Crippen LogP contribution in [0, 0.1) is 0 Å². The van der Waals surface area contributed by atoms with E-state index in [1.165, 1.54) is 0 Å². The Balaban J connectivity index is 0. The second-order valence-electron chi connectivity index (χ2n) is 0. The summed E-state index contributed by atoms with van der Waals surface area (Å²) in [6.45, 7) is 0. The zero-order chi connectivity index (χ0) is 0. The van der Waals surface area contributed by atoms with E-state index in [1.54, 1.807) is 0 Å². The van der Waals surface area contributed by atoms with Crippen LogP contribution in [0.1, 0.15) is 0 Å². The maximum Gasteiger partial charge on any atom is 0 e. The molecule has 5 heavy (non-hydrogen) atoms. The summed E-state index contributed by atoms with van der Waals surface area (Å²) in [5.74, 6) is 0. The van der Waals surface area contributed by atoms with E-state index < -0.39 is 0 Å². The van der Waals surface area contributed by atoms with E-state index in [2.05, 4.69) is 0 Å². The fourth-order valence-corrected chi connectivity index (χ4v) is 0. The van der Waals surface area contributed by atoms with Gasteiger partial charge in [-0.1, -0.05) is 0 Å². The van der Waals surface area contributed by atoms with Crippen molar-refractivity contribution in [2.75, 3.05) is 0 Å². The first-order valence-corrected chi connectivity index (χ1v) is 0. The molecular formula is CoFeMnNiY. The summed E-state index contributed by atoms with van der Waals surface area (Å²) < 4.78 is 0. The summed E-state index contributed by atoms with van der Waals surface area (Å²) in [4.78, 5) is 0. The Labute approximate surface area is 98.3 Å². The molecule has 0 amide bonds. The summed E-state index contributed by atoms with van der Waals surface area (Å²) in [5, 5.41) is 0. The minimum Gasteiger partial charge on any atom is 0 e. The van der Waals surface area contributed by atoms with E-state index in [9.17, 15) is 0 Å². The average molecular weight is 317 g/mol. The molecular weight excluding hydrogens is 317 g/mol. The van der Waals surface area contributed by atoms with E-state index >= 15 is 0 Å². The van der Waals surface area contributed by atoms with Gasteiger partial charge in [0.2, 0.25) is 0 Å². The first-order chi connectivity index (χ1) is 0. The molecule has 5 heteroatoms. The van der Waals surface area contributed by atoms with Gasteiger partial charge in [0.1, 0.15) is 0 Å². The summed E-state index contributed by atoms with van der Waals surface area (Å²) in [6.07, 6.45) is 0. The van der Waals surface area contributed by atoms with E-state index in [4.69, 9.17) is 0 Å². The van der Waals surface area contributed by atoms with Crippen LogP contribution in [0.25, 0.3) is 0 Å². The van der Waals surface area contributed by atoms with Crippen LogP contribution in [0.4, 0.5) is 0 Å². The van der Waals surface area contributed by atoms with Crippen LogP contribution in [0.5, 0.6) is 0 Å². The Morgan fingerprint density at radius 1 is 1.00 bits per heavy atom. The predicted molar refractivity (Wildman–Crippen MR) is 0 cm³/mol. The van der Waals surface area contributed by atoms with Gasteiger partial charge >= 0.3 is 0 Å². The summed E-state index contributed by atoms with van der Waals surface area (Å²) >= 11 is 0. The van der Waals surface area contributed by atoms with Crippen molar-refractivity contribution >= 4 is 0 Å². The topological polar surface area (TPSA) is 0 Å². The summed E-state index contributed by atoms with van der Waals surface area (Å²) in [6, 6.07) is 0. The average Bonchev–Trinajstić information content (AvgIpc) is 0. The fourth-order valence-electron chi connectivity index (χ4n) is 0. The predicted octanol–water partition coefficient (Wildman–Crippen LogP) is -0.0125. The van der Waals surface area contributed by atoms with Gasteiger partial charge in [-0.25, -0.2) is 0 Å². The first kappa shape index (κ1) is 42.1. The Morgan fingerprint density at radius 2 is 1.00 bits per heavy atom. The van der Waals surface area contributed by atoms with Gasteiger partial charge in [-0.05, 0) is 0 Å². The molecule has 0 aromatic carbocycles.